The number of aliphatic hydroxyl groups is 1. The number of aromatic nitrogens is 3. The number of carbonyl (C=O) groups is 3. The van der Waals surface area contributed by atoms with Crippen molar-refractivity contribution in [3.8, 4) is 5.69 Å². The van der Waals surface area contributed by atoms with E-state index in [9.17, 15) is 19.5 Å². The molecule has 0 spiro atoms. The molecule has 1 aromatic carbocycles. The third-order valence-corrected chi connectivity index (χ3v) is 6.59. The zero-order chi connectivity index (χ0) is 22.2. The van der Waals surface area contributed by atoms with E-state index in [1.807, 2.05) is 12.3 Å². The van der Waals surface area contributed by atoms with Gasteiger partial charge in [-0.3, -0.25) is 19.7 Å². The van der Waals surface area contributed by atoms with E-state index in [0.717, 1.165) is 55.8 Å². The standard InChI is InChI=1S/C22H26N6O4/c29-15-7-10-26(11-8-15)9-6-14-12-28(25-24-14)18-3-1-2-16-17(18)13-27(22(16)32)19-4-5-20(30)23-21(19)31/h1-3,12,15,19,29H,4-11,13H2,(H,23,30,31). The van der Waals surface area contributed by atoms with Gasteiger partial charge in [0.1, 0.15) is 6.04 Å². The molecule has 2 N–H and O–H groups in total. The molecule has 3 amide bonds. The first-order valence-electron chi connectivity index (χ1n) is 11.1. The molecule has 4 heterocycles. The number of hydrogen-bond acceptors (Lipinski definition) is 7. The Labute approximate surface area is 185 Å². The molecule has 3 aliphatic heterocycles. The van der Waals surface area contributed by atoms with Crippen LogP contribution in [-0.4, -0.2) is 79.4 Å². The van der Waals surface area contributed by atoms with Crippen LogP contribution in [0.3, 0.4) is 0 Å². The zero-order valence-corrected chi connectivity index (χ0v) is 17.7. The van der Waals surface area contributed by atoms with E-state index in [-0.39, 0.29) is 24.3 Å². The second-order valence-corrected chi connectivity index (χ2v) is 8.68. The minimum absolute atomic E-state index is 0.185. The van der Waals surface area contributed by atoms with E-state index in [2.05, 4.69) is 20.5 Å². The normalized spacial score (nSPS) is 22.3. The maximum Gasteiger partial charge on any atom is 0.255 e. The summed E-state index contributed by atoms with van der Waals surface area (Å²) in [5.41, 5.74) is 2.99. The minimum atomic E-state index is -0.644. The number of nitrogens with one attached hydrogen (secondary N) is 1. The predicted molar refractivity (Wildman–Crippen MR) is 113 cm³/mol. The van der Waals surface area contributed by atoms with Gasteiger partial charge in [-0.15, -0.1) is 5.10 Å². The van der Waals surface area contributed by atoms with E-state index >= 15 is 0 Å². The van der Waals surface area contributed by atoms with Crippen LogP contribution in [0.1, 0.15) is 47.3 Å². The summed E-state index contributed by atoms with van der Waals surface area (Å²) in [6, 6.07) is 4.82. The predicted octanol–water partition coefficient (Wildman–Crippen LogP) is 0.0275. The molecule has 1 unspecified atom stereocenters. The number of benzene rings is 1. The molecule has 5 rings (SSSR count). The maximum atomic E-state index is 13.0. The number of piperidine rings is 2. The number of hydrogen-bond donors (Lipinski definition) is 2. The number of amides is 3. The molecule has 3 aliphatic rings. The van der Waals surface area contributed by atoms with Crippen LogP contribution in [0.25, 0.3) is 5.69 Å². The van der Waals surface area contributed by atoms with Gasteiger partial charge in [-0.05, 0) is 31.4 Å². The van der Waals surface area contributed by atoms with E-state index in [0.29, 0.717) is 18.5 Å². The molecule has 1 aromatic heterocycles. The molecular formula is C22H26N6O4. The topological polar surface area (TPSA) is 121 Å². The van der Waals surface area contributed by atoms with E-state index in [1.165, 1.54) is 0 Å². The van der Waals surface area contributed by atoms with Gasteiger partial charge < -0.3 is 14.9 Å². The van der Waals surface area contributed by atoms with Gasteiger partial charge in [-0.2, -0.15) is 0 Å². The molecule has 1 atom stereocenters. The second-order valence-electron chi connectivity index (χ2n) is 8.68. The highest BCUT2D eigenvalue weighted by molar-refractivity contribution is 6.05. The van der Waals surface area contributed by atoms with Gasteiger partial charge in [0.2, 0.25) is 11.8 Å². The fourth-order valence-electron chi connectivity index (χ4n) is 4.73. The number of imide groups is 1. The Bertz CT molecular complexity index is 1060. The number of fused-ring (bicyclic) bond motifs is 1. The Morgan fingerprint density at radius 2 is 1.94 bits per heavy atom. The molecule has 10 heteroatoms. The van der Waals surface area contributed by atoms with Crippen LogP contribution in [0.5, 0.6) is 0 Å². The molecule has 0 radical (unpaired) electrons. The number of nitrogens with zero attached hydrogens (tertiary/aromatic N) is 5. The van der Waals surface area contributed by atoms with Gasteiger partial charge >= 0.3 is 0 Å². The van der Waals surface area contributed by atoms with Crippen molar-refractivity contribution in [2.24, 2.45) is 0 Å². The van der Waals surface area contributed by atoms with Crippen molar-refractivity contribution in [3.63, 3.8) is 0 Å². The molecular weight excluding hydrogens is 412 g/mol. The van der Waals surface area contributed by atoms with Crippen molar-refractivity contribution in [3.05, 3.63) is 41.2 Å². The fraction of sp³-hybridized carbons (Fsp3) is 0.500. The van der Waals surface area contributed by atoms with E-state index < -0.39 is 11.9 Å². The molecule has 32 heavy (non-hydrogen) atoms. The number of rotatable bonds is 5. The van der Waals surface area contributed by atoms with Gasteiger partial charge in [-0.1, -0.05) is 11.3 Å². The summed E-state index contributed by atoms with van der Waals surface area (Å²) in [4.78, 5) is 40.6. The Kier molecular flexibility index (Phi) is 5.48. The van der Waals surface area contributed by atoms with Crippen molar-refractivity contribution >= 4 is 17.7 Å². The Balaban J connectivity index is 1.31. The van der Waals surface area contributed by atoms with Crippen LogP contribution < -0.4 is 5.32 Å². The SMILES string of the molecule is O=C1CCC(N2Cc3c(cccc3-n3cc(CCN4CCC(O)CC4)nn3)C2=O)C(=O)N1. The lowest BCUT2D eigenvalue weighted by molar-refractivity contribution is -0.136. The summed E-state index contributed by atoms with van der Waals surface area (Å²) in [5.74, 6) is -0.923. The summed E-state index contributed by atoms with van der Waals surface area (Å²) in [6.07, 6.45) is 4.63. The lowest BCUT2D eigenvalue weighted by Gasteiger charge is -2.29. The van der Waals surface area contributed by atoms with Crippen molar-refractivity contribution < 1.29 is 19.5 Å². The Morgan fingerprint density at radius 1 is 1.12 bits per heavy atom. The lowest BCUT2D eigenvalue weighted by Crippen LogP contribution is -2.52. The third kappa shape index (κ3) is 3.91. The first-order chi connectivity index (χ1) is 15.5. The first-order valence-corrected chi connectivity index (χ1v) is 11.1. The summed E-state index contributed by atoms with van der Waals surface area (Å²) in [7, 11) is 0. The van der Waals surface area contributed by atoms with E-state index in [1.54, 1.807) is 21.7 Å². The van der Waals surface area contributed by atoms with Crippen LogP contribution in [-0.2, 0) is 22.6 Å². The average molecular weight is 438 g/mol. The van der Waals surface area contributed by atoms with Crippen molar-refractivity contribution in [2.75, 3.05) is 19.6 Å². The van der Waals surface area contributed by atoms with Crippen LogP contribution in [0.4, 0.5) is 0 Å². The van der Waals surface area contributed by atoms with Gasteiger partial charge in [0, 0.05) is 50.1 Å². The summed E-state index contributed by atoms with van der Waals surface area (Å²) < 4.78 is 1.69. The number of carbonyl (C=O) groups excluding carboxylic acids is 3. The van der Waals surface area contributed by atoms with Gasteiger partial charge in [-0.25, -0.2) is 4.68 Å². The quantitative estimate of drug-likeness (QED) is 0.632. The van der Waals surface area contributed by atoms with Crippen molar-refractivity contribution in [2.45, 2.75) is 50.8 Å². The van der Waals surface area contributed by atoms with Crippen LogP contribution in [0.2, 0.25) is 0 Å². The van der Waals surface area contributed by atoms with E-state index in [4.69, 9.17) is 0 Å². The summed E-state index contributed by atoms with van der Waals surface area (Å²) in [6.45, 7) is 2.93. The average Bonchev–Trinajstić information content (AvgIpc) is 3.38. The van der Waals surface area contributed by atoms with Crippen LogP contribution >= 0.6 is 0 Å². The molecule has 2 saturated heterocycles. The summed E-state index contributed by atoms with van der Waals surface area (Å²) in [5, 5.41) is 20.6. The molecule has 168 valence electrons. The second kappa shape index (κ2) is 8.44. The maximum absolute atomic E-state index is 13.0. The minimum Gasteiger partial charge on any atom is -0.393 e. The van der Waals surface area contributed by atoms with Gasteiger partial charge in [0.15, 0.2) is 0 Å². The molecule has 2 aromatic rings. The Hall–Kier alpha value is -3.11. The van der Waals surface area contributed by atoms with Crippen molar-refractivity contribution in [1.29, 1.82) is 0 Å². The smallest absolute Gasteiger partial charge is 0.255 e. The van der Waals surface area contributed by atoms with Gasteiger partial charge in [0.25, 0.3) is 5.91 Å². The molecule has 0 saturated carbocycles. The highest BCUT2D eigenvalue weighted by Gasteiger charge is 2.40. The molecule has 0 bridgehead atoms. The largest absolute Gasteiger partial charge is 0.393 e. The monoisotopic (exact) mass is 438 g/mol. The number of aliphatic hydroxyl groups excluding tert-OH is 1. The highest BCUT2D eigenvalue weighted by Crippen LogP contribution is 2.31. The zero-order valence-electron chi connectivity index (χ0n) is 17.7. The third-order valence-electron chi connectivity index (χ3n) is 6.59. The molecule has 10 nitrogen and oxygen atoms in total. The fourth-order valence-corrected chi connectivity index (χ4v) is 4.73. The summed E-state index contributed by atoms with van der Waals surface area (Å²) >= 11 is 0. The highest BCUT2D eigenvalue weighted by atomic mass is 16.3. The van der Waals surface area contributed by atoms with Gasteiger partial charge in [0.05, 0.1) is 23.7 Å². The number of likely N-dealkylation sites (tertiary alicyclic amines) is 1. The first kappa shape index (κ1) is 20.8. The Morgan fingerprint density at radius 3 is 2.72 bits per heavy atom. The molecule has 2 fully saturated rings. The lowest BCUT2D eigenvalue weighted by atomic mass is 10.0. The molecule has 0 aliphatic carbocycles. The van der Waals surface area contributed by atoms with Crippen molar-refractivity contribution in [1.82, 2.24) is 30.1 Å². The van der Waals surface area contributed by atoms with Crippen LogP contribution in [0.15, 0.2) is 24.4 Å². The van der Waals surface area contributed by atoms with Crippen LogP contribution in [0, 0.1) is 0 Å².